The molecule has 1 unspecified atom stereocenters. The molecule has 19 heavy (non-hydrogen) atoms. The number of nitrogens with zero attached hydrogens (tertiary/aromatic N) is 1. The molecule has 1 saturated heterocycles. The van der Waals surface area contributed by atoms with Crippen LogP contribution in [0.25, 0.3) is 0 Å². The highest BCUT2D eigenvalue weighted by Gasteiger charge is 2.24. The number of piperidine rings is 1. The van der Waals surface area contributed by atoms with Gasteiger partial charge in [-0.2, -0.15) is 0 Å². The Kier molecular flexibility index (Phi) is 5.87. The van der Waals surface area contributed by atoms with Crippen LogP contribution >= 0.6 is 27.3 Å². The standard InChI is InChI=1S/C15H25BrN2S/c1-11(2)18(10-13-6-8-17-9-7-13)12(3)14-4-5-15(16)19-14/h4-5,11-13,17H,6-10H2,1-3H3. The molecule has 0 spiro atoms. The molecule has 4 heteroatoms. The second-order valence-electron chi connectivity index (χ2n) is 5.80. The Morgan fingerprint density at radius 3 is 2.53 bits per heavy atom. The van der Waals surface area contributed by atoms with E-state index in [9.17, 15) is 0 Å². The third-order valence-corrected chi connectivity index (χ3v) is 5.89. The summed E-state index contributed by atoms with van der Waals surface area (Å²) in [5.41, 5.74) is 0. The lowest BCUT2D eigenvalue weighted by molar-refractivity contribution is 0.127. The lowest BCUT2D eigenvalue weighted by atomic mass is 9.96. The molecule has 108 valence electrons. The average molecular weight is 345 g/mol. The minimum Gasteiger partial charge on any atom is -0.317 e. The Morgan fingerprint density at radius 1 is 1.32 bits per heavy atom. The predicted octanol–water partition coefficient (Wildman–Crippen LogP) is 4.28. The first-order valence-electron chi connectivity index (χ1n) is 7.29. The molecule has 2 heterocycles. The van der Waals surface area contributed by atoms with Gasteiger partial charge < -0.3 is 5.32 Å². The fraction of sp³-hybridized carbons (Fsp3) is 0.733. The van der Waals surface area contributed by atoms with Gasteiger partial charge in [-0.1, -0.05) is 0 Å². The van der Waals surface area contributed by atoms with Crippen molar-refractivity contribution in [3.63, 3.8) is 0 Å². The molecule has 1 N–H and O–H groups in total. The van der Waals surface area contributed by atoms with Crippen molar-refractivity contribution in [1.29, 1.82) is 0 Å². The summed E-state index contributed by atoms with van der Waals surface area (Å²) < 4.78 is 1.24. The van der Waals surface area contributed by atoms with E-state index in [1.54, 1.807) is 0 Å². The fourth-order valence-electron chi connectivity index (χ4n) is 2.89. The Labute approximate surface area is 129 Å². The van der Waals surface area contributed by atoms with Crippen LogP contribution in [0.2, 0.25) is 0 Å². The number of nitrogens with one attached hydrogen (secondary N) is 1. The highest BCUT2D eigenvalue weighted by molar-refractivity contribution is 9.11. The quantitative estimate of drug-likeness (QED) is 0.857. The lowest BCUT2D eigenvalue weighted by Gasteiger charge is -2.36. The molecule has 2 rings (SSSR count). The van der Waals surface area contributed by atoms with Crippen LogP contribution in [0.15, 0.2) is 15.9 Å². The molecule has 1 atom stereocenters. The highest BCUT2D eigenvalue weighted by Crippen LogP contribution is 2.32. The summed E-state index contributed by atoms with van der Waals surface area (Å²) in [4.78, 5) is 4.13. The molecule has 1 aromatic rings. The van der Waals surface area contributed by atoms with E-state index in [2.05, 4.69) is 59.1 Å². The molecule has 0 radical (unpaired) electrons. The maximum Gasteiger partial charge on any atom is 0.0701 e. The largest absolute Gasteiger partial charge is 0.317 e. The van der Waals surface area contributed by atoms with Crippen LogP contribution in [0.1, 0.15) is 44.5 Å². The van der Waals surface area contributed by atoms with Gasteiger partial charge in [-0.25, -0.2) is 0 Å². The van der Waals surface area contributed by atoms with E-state index in [-0.39, 0.29) is 0 Å². The van der Waals surface area contributed by atoms with Crippen LogP contribution in [0.3, 0.4) is 0 Å². The van der Waals surface area contributed by atoms with Gasteiger partial charge in [-0.3, -0.25) is 4.90 Å². The van der Waals surface area contributed by atoms with Gasteiger partial charge >= 0.3 is 0 Å². The van der Waals surface area contributed by atoms with Gasteiger partial charge in [0.2, 0.25) is 0 Å². The fourth-order valence-corrected chi connectivity index (χ4v) is 4.39. The van der Waals surface area contributed by atoms with Crippen molar-refractivity contribution in [2.75, 3.05) is 19.6 Å². The second kappa shape index (κ2) is 7.21. The number of hydrogen-bond acceptors (Lipinski definition) is 3. The van der Waals surface area contributed by atoms with Crippen molar-refractivity contribution in [3.05, 3.63) is 20.8 Å². The maximum atomic E-state index is 3.58. The zero-order valence-electron chi connectivity index (χ0n) is 12.2. The maximum absolute atomic E-state index is 3.58. The van der Waals surface area contributed by atoms with E-state index in [1.165, 1.54) is 41.1 Å². The molecule has 0 amide bonds. The van der Waals surface area contributed by atoms with E-state index < -0.39 is 0 Å². The lowest BCUT2D eigenvalue weighted by Crippen LogP contribution is -2.40. The first-order chi connectivity index (χ1) is 9.08. The zero-order valence-corrected chi connectivity index (χ0v) is 14.6. The molecule has 2 nitrogen and oxygen atoms in total. The first kappa shape index (κ1) is 15.5. The van der Waals surface area contributed by atoms with Crippen molar-refractivity contribution < 1.29 is 0 Å². The van der Waals surface area contributed by atoms with Crippen molar-refractivity contribution in [1.82, 2.24) is 10.2 Å². The van der Waals surface area contributed by atoms with Crippen LogP contribution in [-0.2, 0) is 0 Å². The first-order valence-corrected chi connectivity index (χ1v) is 8.90. The predicted molar refractivity (Wildman–Crippen MR) is 87.9 cm³/mol. The normalized spacial score (nSPS) is 19.3. The molecule has 0 bridgehead atoms. The van der Waals surface area contributed by atoms with Gasteiger partial charge in [-0.05, 0) is 80.7 Å². The monoisotopic (exact) mass is 344 g/mol. The van der Waals surface area contributed by atoms with E-state index >= 15 is 0 Å². The van der Waals surface area contributed by atoms with Crippen LogP contribution in [0.5, 0.6) is 0 Å². The summed E-state index contributed by atoms with van der Waals surface area (Å²) in [6, 6.07) is 5.55. The van der Waals surface area contributed by atoms with Crippen molar-refractivity contribution in [2.45, 2.75) is 45.7 Å². The third-order valence-electron chi connectivity index (χ3n) is 4.09. The highest BCUT2D eigenvalue weighted by atomic mass is 79.9. The average Bonchev–Trinajstić information content (AvgIpc) is 2.83. The minimum absolute atomic E-state index is 0.520. The number of thiophene rings is 1. The zero-order chi connectivity index (χ0) is 13.8. The number of hydrogen-bond donors (Lipinski definition) is 1. The third kappa shape index (κ3) is 4.28. The van der Waals surface area contributed by atoms with Crippen LogP contribution in [-0.4, -0.2) is 30.6 Å². The SMILES string of the molecule is CC(C)N(CC1CCNCC1)C(C)c1ccc(Br)s1. The summed E-state index contributed by atoms with van der Waals surface area (Å²) in [6.07, 6.45) is 2.65. The Balaban J connectivity index is 2.02. The van der Waals surface area contributed by atoms with Gasteiger partial charge in [0.15, 0.2) is 0 Å². The van der Waals surface area contributed by atoms with Crippen LogP contribution in [0.4, 0.5) is 0 Å². The van der Waals surface area contributed by atoms with Crippen molar-refractivity contribution in [2.24, 2.45) is 5.92 Å². The smallest absolute Gasteiger partial charge is 0.0701 e. The van der Waals surface area contributed by atoms with Gasteiger partial charge in [-0.15, -0.1) is 11.3 Å². The summed E-state index contributed by atoms with van der Waals surface area (Å²) in [6.45, 7) is 10.6. The van der Waals surface area contributed by atoms with E-state index in [0.717, 1.165) is 5.92 Å². The summed E-state index contributed by atoms with van der Waals surface area (Å²) in [5.74, 6) is 0.856. The summed E-state index contributed by atoms with van der Waals surface area (Å²) in [7, 11) is 0. The molecule has 1 aromatic heterocycles. The molecule has 0 saturated carbocycles. The molecule has 1 aliphatic rings. The second-order valence-corrected chi connectivity index (χ2v) is 8.30. The van der Waals surface area contributed by atoms with Gasteiger partial charge in [0.25, 0.3) is 0 Å². The van der Waals surface area contributed by atoms with Gasteiger partial charge in [0, 0.05) is 23.5 Å². The Hall–Kier alpha value is 0.1000. The summed E-state index contributed by atoms with van der Waals surface area (Å²) >= 11 is 5.44. The molecule has 0 aliphatic carbocycles. The molecule has 0 aromatic carbocycles. The van der Waals surface area contributed by atoms with E-state index in [4.69, 9.17) is 0 Å². The molecule has 1 aliphatic heterocycles. The number of rotatable bonds is 5. The van der Waals surface area contributed by atoms with Crippen LogP contribution < -0.4 is 5.32 Å². The van der Waals surface area contributed by atoms with E-state index in [1.807, 2.05) is 11.3 Å². The van der Waals surface area contributed by atoms with Crippen molar-refractivity contribution >= 4 is 27.3 Å². The Morgan fingerprint density at radius 2 is 2.00 bits per heavy atom. The molecular formula is C15H25BrN2S. The minimum atomic E-state index is 0.520. The van der Waals surface area contributed by atoms with Gasteiger partial charge in [0.1, 0.15) is 0 Å². The van der Waals surface area contributed by atoms with Gasteiger partial charge in [0.05, 0.1) is 3.79 Å². The van der Waals surface area contributed by atoms with Crippen molar-refractivity contribution in [3.8, 4) is 0 Å². The Bertz CT molecular complexity index is 385. The summed E-state index contributed by atoms with van der Waals surface area (Å²) in [5, 5.41) is 3.46. The van der Waals surface area contributed by atoms with Crippen LogP contribution in [0, 0.1) is 5.92 Å². The number of halogens is 1. The molecule has 1 fully saturated rings. The molecular weight excluding hydrogens is 320 g/mol. The van der Waals surface area contributed by atoms with E-state index in [0.29, 0.717) is 12.1 Å². The topological polar surface area (TPSA) is 15.3 Å².